The van der Waals surface area contributed by atoms with Crippen molar-refractivity contribution in [2.24, 2.45) is 0 Å². The zero-order valence-corrected chi connectivity index (χ0v) is 37.3. The molecule has 0 unspecified atom stereocenters. The van der Waals surface area contributed by atoms with Crippen LogP contribution in [0, 0.1) is 18.3 Å². The fourth-order valence-electron chi connectivity index (χ4n) is 10.3. The van der Waals surface area contributed by atoms with Crippen molar-refractivity contribution >= 4 is 43.6 Å². The Morgan fingerprint density at radius 2 is 0.696 bits per heavy atom. The molecule has 2 aromatic heterocycles. The normalized spacial score (nSPS) is 11.8. The second kappa shape index (κ2) is 16.4. The maximum atomic E-state index is 15.4. The molecule has 0 aliphatic heterocycles. The van der Waals surface area contributed by atoms with Crippen molar-refractivity contribution in [3.8, 4) is 73.1 Å². The molecule has 2 heterocycles. The molecule has 0 saturated carbocycles. The van der Waals surface area contributed by atoms with Gasteiger partial charge in [-0.25, -0.2) is 0 Å². The number of rotatable bonds is 7. The number of alkyl halides is 3. The van der Waals surface area contributed by atoms with Gasteiger partial charge in [-0.3, -0.25) is 0 Å². The van der Waals surface area contributed by atoms with Gasteiger partial charge in [-0.15, -0.1) is 0 Å². The zero-order chi connectivity index (χ0) is 46.8. The Kier molecular flexibility index (Phi) is 9.89. The van der Waals surface area contributed by atoms with Gasteiger partial charge in [0.05, 0.1) is 39.0 Å². The molecular weight excluding hydrogens is 856 g/mol. The molecule has 0 atom stereocenters. The van der Waals surface area contributed by atoms with Crippen LogP contribution in [0.25, 0.3) is 111 Å². The zero-order valence-electron chi connectivity index (χ0n) is 37.3. The number of nitriles is 1. The van der Waals surface area contributed by atoms with E-state index in [-0.39, 0.29) is 5.56 Å². The van der Waals surface area contributed by atoms with Crippen molar-refractivity contribution in [3.05, 3.63) is 241 Å². The van der Waals surface area contributed by atoms with E-state index in [2.05, 4.69) is 137 Å². The second-order valence-electron chi connectivity index (χ2n) is 17.6. The molecule has 0 amide bonds. The molecule has 0 aliphatic carbocycles. The van der Waals surface area contributed by atoms with E-state index in [0.29, 0.717) is 28.1 Å². The molecule has 69 heavy (non-hydrogen) atoms. The summed E-state index contributed by atoms with van der Waals surface area (Å²) in [5, 5.41) is 15.7. The van der Waals surface area contributed by atoms with E-state index in [1.54, 1.807) is 25.1 Å². The van der Waals surface area contributed by atoms with E-state index >= 15 is 13.2 Å². The summed E-state index contributed by atoms with van der Waals surface area (Å²) in [4.78, 5) is 0. The van der Waals surface area contributed by atoms with Gasteiger partial charge < -0.3 is 9.13 Å². The first-order valence-corrected chi connectivity index (χ1v) is 22.9. The Labute approximate surface area is 396 Å². The lowest BCUT2D eigenvalue weighted by Gasteiger charge is -2.21. The van der Waals surface area contributed by atoms with Gasteiger partial charge in [0.2, 0.25) is 0 Å². The summed E-state index contributed by atoms with van der Waals surface area (Å²) in [5.74, 6) is 0. The van der Waals surface area contributed by atoms with E-state index in [0.717, 1.165) is 94.2 Å². The minimum absolute atomic E-state index is 0.0587. The molecule has 0 aliphatic rings. The van der Waals surface area contributed by atoms with Crippen LogP contribution in [-0.2, 0) is 6.18 Å². The third-order valence-corrected chi connectivity index (χ3v) is 13.5. The van der Waals surface area contributed by atoms with Crippen molar-refractivity contribution in [2.75, 3.05) is 0 Å². The summed E-state index contributed by atoms with van der Waals surface area (Å²) < 4.78 is 50.4. The quantitative estimate of drug-likeness (QED) is 0.157. The highest BCUT2D eigenvalue weighted by atomic mass is 19.4. The van der Waals surface area contributed by atoms with Crippen LogP contribution >= 0.6 is 0 Å². The minimum atomic E-state index is -4.67. The van der Waals surface area contributed by atoms with Gasteiger partial charge in [0, 0.05) is 21.5 Å². The van der Waals surface area contributed by atoms with Crippen molar-refractivity contribution < 1.29 is 13.2 Å². The number of hydrogen-bond acceptors (Lipinski definition) is 1. The summed E-state index contributed by atoms with van der Waals surface area (Å²) in [5.41, 5.74) is 12.5. The molecule has 0 bridgehead atoms. The van der Waals surface area contributed by atoms with Crippen molar-refractivity contribution in [3.63, 3.8) is 0 Å². The van der Waals surface area contributed by atoms with Crippen LogP contribution in [0.2, 0.25) is 0 Å². The largest absolute Gasteiger partial charge is 0.417 e. The maximum Gasteiger partial charge on any atom is 0.417 e. The molecular formula is C63H40F3N3. The Morgan fingerprint density at radius 3 is 1.00 bits per heavy atom. The number of nitrogens with zero attached hydrogens (tertiary/aromatic N) is 3. The predicted molar refractivity (Wildman–Crippen MR) is 277 cm³/mol. The first kappa shape index (κ1) is 41.5. The van der Waals surface area contributed by atoms with Crippen LogP contribution in [-0.4, -0.2) is 9.13 Å². The number of halogens is 3. The van der Waals surface area contributed by atoms with Gasteiger partial charge in [-0.2, -0.15) is 18.4 Å². The topological polar surface area (TPSA) is 33.6 Å². The fourth-order valence-corrected chi connectivity index (χ4v) is 10.3. The van der Waals surface area contributed by atoms with Gasteiger partial charge >= 0.3 is 6.18 Å². The summed E-state index contributed by atoms with van der Waals surface area (Å²) in [6.07, 6.45) is -4.67. The summed E-state index contributed by atoms with van der Waals surface area (Å²) in [6, 6.07) is 76.4. The summed E-state index contributed by atoms with van der Waals surface area (Å²) in [7, 11) is 0. The van der Waals surface area contributed by atoms with Gasteiger partial charge in [-0.1, -0.05) is 182 Å². The SMILES string of the molecule is Cc1cccc(C(F)(F)F)c1-c1cc(-n2c3cc(-c4ccccc4)ccc3c3ccc(-c4ccccc4)cc32)c(C#N)c(-n2c3cc(-c4ccccc4)ccc3c3ccc(-c4ccccc4)cc32)c1. The smallest absolute Gasteiger partial charge is 0.308 e. The third-order valence-electron chi connectivity index (χ3n) is 13.5. The third kappa shape index (κ3) is 7.06. The van der Waals surface area contributed by atoms with E-state index in [1.165, 1.54) is 6.07 Å². The van der Waals surface area contributed by atoms with Crippen LogP contribution in [0.4, 0.5) is 13.2 Å². The number of fused-ring (bicyclic) bond motifs is 6. The highest BCUT2D eigenvalue weighted by Crippen LogP contribution is 2.46. The molecule has 0 saturated heterocycles. The lowest BCUT2D eigenvalue weighted by atomic mass is 9.92. The standard InChI is InChI=1S/C63H40F3N3/c1-40-15-14-24-55(63(64,65)66)62(40)49-37-60(68-56-33-45(41-16-6-2-7-17-41)25-29-50(56)51-30-26-46(34-57(51)68)42-18-8-3-9-19-42)54(39-67)61(38-49)69-58-35-47(43-20-10-4-11-21-43)27-31-52(58)53-32-28-48(36-59(53)69)44-22-12-5-13-23-44/h2-38H,1H3. The lowest BCUT2D eigenvalue weighted by molar-refractivity contribution is -0.137. The molecule has 0 radical (unpaired) electrons. The molecule has 6 heteroatoms. The summed E-state index contributed by atoms with van der Waals surface area (Å²) in [6.45, 7) is 1.72. The van der Waals surface area contributed by atoms with Gasteiger partial charge in [0.15, 0.2) is 0 Å². The molecule has 3 nitrogen and oxygen atoms in total. The fraction of sp³-hybridized carbons (Fsp3) is 0.0317. The molecule has 0 spiro atoms. The van der Waals surface area contributed by atoms with E-state index in [4.69, 9.17) is 0 Å². The van der Waals surface area contributed by atoms with E-state index in [9.17, 15) is 5.26 Å². The average Bonchev–Trinajstić information content (AvgIpc) is 3.90. The van der Waals surface area contributed by atoms with Crippen molar-refractivity contribution in [2.45, 2.75) is 13.1 Å². The van der Waals surface area contributed by atoms with E-state index in [1.807, 2.05) is 72.8 Å². The molecule has 328 valence electrons. The van der Waals surface area contributed by atoms with Gasteiger partial charge in [0.25, 0.3) is 0 Å². The molecule has 10 aromatic carbocycles. The first-order valence-electron chi connectivity index (χ1n) is 22.9. The van der Waals surface area contributed by atoms with Crippen LogP contribution in [0.5, 0.6) is 0 Å². The highest BCUT2D eigenvalue weighted by molar-refractivity contribution is 6.13. The maximum absolute atomic E-state index is 15.4. The number of aromatic nitrogens is 2. The second-order valence-corrected chi connectivity index (χ2v) is 17.6. The van der Waals surface area contributed by atoms with Crippen molar-refractivity contribution in [1.82, 2.24) is 9.13 Å². The Balaban J connectivity index is 1.26. The van der Waals surface area contributed by atoms with E-state index < -0.39 is 11.7 Å². The number of benzene rings is 10. The molecule has 0 N–H and O–H groups in total. The van der Waals surface area contributed by atoms with Crippen LogP contribution in [0.3, 0.4) is 0 Å². The van der Waals surface area contributed by atoms with Crippen LogP contribution in [0.15, 0.2) is 224 Å². The summed E-state index contributed by atoms with van der Waals surface area (Å²) >= 11 is 0. The van der Waals surface area contributed by atoms with Crippen molar-refractivity contribution in [1.29, 1.82) is 5.26 Å². The predicted octanol–water partition coefficient (Wildman–Crippen LogP) is 17.4. The molecule has 12 aromatic rings. The highest BCUT2D eigenvalue weighted by Gasteiger charge is 2.35. The number of aryl methyl sites for hydroxylation is 1. The van der Waals surface area contributed by atoms with Crippen LogP contribution < -0.4 is 0 Å². The Bertz CT molecular complexity index is 3580. The molecule has 0 fully saturated rings. The van der Waals surface area contributed by atoms with Crippen LogP contribution in [0.1, 0.15) is 16.7 Å². The first-order chi connectivity index (χ1) is 33.7. The Morgan fingerprint density at radius 1 is 0.362 bits per heavy atom. The number of hydrogen-bond donors (Lipinski definition) is 0. The lowest BCUT2D eigenvalue weighted by Crippen LogP contribution is -2.10. The van der Waals surface area contributed by atoms with Gasteiger partial charge in [0.1, 0.15) is 11.6 Å². The van der Waals surface area contributed by atoms with Gasteiger partial charge in [-0.05, 0) is 111 Å². The average molecular weight is 896 g/mol. The monoisotopic (exact) mass is 895 g/mol. The molecule has 12 rings (SSSR count). The minimum Gasteiger partial charge on any atom is -0.308 e. The Hall–Kier alpha value is -8.92.